The molecule has 4 rings (SSSR count). The van der Waals surface area contributed by atoms with Crippen molar-refractivity contribution in [2.75, 3.05) is 26.2 Å². The first-order valence-corrected chi connectivity index (χ1v) is 11.1. The van der Waals surface area contributed by atoms with E-state index in [2.05, 4.69) is 24.4 Å². The number of rotatable bonds is 6. The van der Waals surface area contributed by atoms with Crippen molar-refractivity contribution in [1.29, 1.82) is 0 Å². The van der Waals surface area contributed by atoms with Crippen LogP contribution in [-0.2, 0) is 17.8 Å². The zero-order chi connectivity index (χ0) is 22.6. The molecule has 1 heterocycles. The minimum absolute atomic E-state index is 0.0696. The van der Waals surface area contributed by atoms with E-state index in [-0.39, 0.29) is 12.5 Å². The largest absolute Gasteiger partial charge is 0.457 e. The lowest BCUT2D eigenvalue weighted by atomic mass is 10.1. The molecule has 0 spiro atoms. The number of para-hydroxylation sites is 2. The van der Waals surface area contributed by atoms with Gasteiger partial charge < -0.3 is 20.1 Å². The fraction of sp³-hybridized carbons (Fsp3) is 0.296. The van der Waals surface area contributed by atoms with Gasteiger partial charge in [-0.2, -0.15) is 0 Å². The summed E-state index contributed by atoms with van der Waals surface area (Å²) < 4.78 is 6.01. The van der Waals surface area contributed by atoms with Crippen LogP contribution in [0.3, 0.4) is 0 Å². The van der Waals surface area contributed by atoms with Crippen LogP contribution in [0.2, 0.25) is 0 Å². The highest BCUT2D eigenvalue weighted by atomic mass is 16.5. The maximum atomic E-state index is 12.4. The van der Waals surface area contributed by atoms with Gasteiger partial charge in [0.1, 0.15) is 11.5 Å². The van der Waals surface area contributed by atoms with Gasteiger partial charge in [0.05, 0.1) is 6.61 Å². The van der Waals surface area contributed by atoms with Gasteiger partial charge in [0.15, 0.2) is 0 Å². The summed E-state index contributed by atoms with van der Waals surface area (Å²) in [5.41, 5.74) is 3.07. The predicted octanol–water partition coefficient (Wildman–Crippen LogP) is 4.33. The Bertz CT molecular complexity index is 969. The molecule has 0 bridgehead atoms. The van der Waals surface area contributed by atoms with Gasteiger partial charge in [-0.25, -0.2) is 0 Å². The number of aryl methyl sites for hydroxylation is 2. The van der Waals surface area contributed by atoms with E-state index in [0.717, 1.165) is 43.1 Å². The van der Waals surface area contributed by atoms with Crippen molar-refractivity contribution >= 4 is 5.91 Å². The normalized spacial score (nSPS) is 13.1. The minimum Gasteiger partial charge on any atom is -0.457 e. The second-order valence-corrected chi connectivity index (χ2v) is 7.76. The van der Waals surface area contributed by atoms with Gasteiger partial charge in [0, 0.05) is 38.2 Å². The fourth-order valence-electron chi connectivity index (χ4n) is 3.51. The molecule has 3 aromatic rings. The molecule has 0 radical (unpaired) electrons. The molecule has 1 amide bonds. The van der Waals surface area contributed by atoms with Gasteiger partial charge in [-0.15, -0.1) is 0 Å². The summed E-state index contributed by atoms with van der Waals surface area (Å²) in [6, 6.07) is 25.5. The van der Waals surface area contributed by atoms with Gasteiger partial charge in [-0.3, -0.25) is 4.79 Å². The number of piperazine rings is 1. The molecule has 1 aliphatic rings. The van der Waals surface area contributed by atoms with Crippen molar-refractivity contribution in [2.24, 2.45) is 0 Å². The maximum absolute atomic E-state index is 12.4. The quantitative estimate of drug-likeness (QED) is 0.609. The van der Waals surface area contributed by atoms with Crippen molar-refractivity contribution in [1.82, 2.24) is 10.2 Å². The van der Waals surface area contributed by atoms with Gasteiger partial charge in [-0.05, 0) is 31.0 Å². The van der Waals surface area contributed by atoms with Crippen LogP contribution < -0.4 is 10.1 Å². The highest BCUT2D eigenvalue weighted by molar-refractivity contribution is 5.76. The van der Waals surface area contributed by atoms with E-state index < -0.39 is 0 Å². The molecule has 5 nitrogen and oxygen atoms in total. The highest BCUT2D eigenvalue weighted by Gasteiger charge is 2.16. The van der Waals surface area contributed by atoms with E-state index in [4.69, 9.17) is 4.74 Å². The van der Waals surface area contributed by atoms with Crippen LogP contribution in [0.25, 0.3) is 0 Å². The second kappa shape index (κ2) is 12.6. The molecule has 1 fully saturated rings. The lowest BCUT2D eigenvalue weighted by Crippen LogP contribution is -2.46. The van der Waals surface area contributed by atoms with E-state index in [1.807, 2.05) is 71.6 Å². The predicted molar refractivity (Wildman–Crippen MR) is 128 cm³/mol. The molecule has 168 valence electrons. The van der Waals surface area contributed by atoms with Crippen LogP contribution in [0, 0.1) is 6.92 Å². The summed E-state index contributed by atoms with van der Waals surface area (Å²) in [6.45, 7) is 5.30. The number of aliphatic hydroxyl groups is 1. The number of carbonyl (C=O) groups excluding carboxylic acids is 1. The molecule has 0 unspecified atom stereocenters. The summed E-state index contributed by atoms with van der Waals surface area (Å²) in [5.74, 6) is 1.56. The summed E-state index contributed by atoms with van der Waals surface area (Å²) in [7, 11) is 0. The average molecular weight is 433 g/mol. The molecular weight excluding hydrogens is 400 g/mol. The van der Waals surface area contributed by atoms with E-state index >= 15 is 0 Å². The van der Waals surface area contributed by atoms with Gasteiger partial charge in [-0.1, -0.05) is 72.3 Å². The van der Waals surface area contributed by atoms with Crippen molar-refractivity contribution in [3.63, 3.8) is 0 Å². The first kappa shape index (κ1) is 23.5. The summed E-state index contributed by atoms with van der Waals surface area (Å²) in [6.07, 6.45) is 1.11. The summed E-state index contributed by atoms with van der Waals surface area (Å²) in [4.78, 5) is 14.3. The number of carbonyl (C=O) groups is 1. The van der Waals surface area contributed by atoms with Crippen LogP contribution in [0.5, 0.6) is 11.5 Å². The van der Waals surface area contributed by atoms with Crippen molar-refractivity contribution in [2.45, 2.75) is 26.4 Å². The molecule has 0 atom stereocenters. The Kier molecular flexibility index (Phi) is 9.29. The molecule has 0 saturated carbocycles. The van der Waals surface area contributed by atoms with Crippen LogP contribution >= 0.6 is 0 Å². The van der Waals surface area contributed by atoms with Crippen LogP contribution in [0.1, 0.15) is 23.1 Å². The zero-order valence-corrected chi connectivity index (χ0v) is 18.7. The van der Waals surface area contributed by atoms with E-state index in [0.29, 0.717) is 18.6 Å². The van der Waals surface area contributed by atoms with E-state index in [9.17, 15) is 9.90 Å². The number of amides is 1. The molecular formula is C27H32N2O3. The third-order valence-corrected chi connectivity index (χ3v) is 5.35. The van der Waals surface area contributed by atoms with E-state index in [1.165, 1.54) is 5.56 Å². The van der Waals surface area contributed by atoms with Crippen molar-refractivity contribution in [3.8, 4) is 11.5 Å². The Balaban J connectivity index is 0.000000352. The number of benzene rings is 3. The third-order valence-electron chi connectivity index (χ3n) is 5.35. The van der Waals surface area contributed by atoms with Gasteiger partial charge in [0.25, 0.3) is 0 Å². The number of hydrogen-bond acceptors (Lipinski definition) is 4. The number of aliphatic hydroxyl groups excluding tert-OH is 1. The Morgan fingerprint density at radius 1 is 0.875 bits per heavy atom. The standard InChI is InChI=1S/C20H24N2O3.C7H8/c23-15-17-6-2-4-8-19(17)25-18-7-3-1-5-16(18)9-10-20(24)22-13-11-21-12-14-22;1-7-5-3-2-4-6-7/h1-8,21,23H,9-15H2;2-6H,1H3. The summed E-state index contributed by atoms with van der Waals surface area (Å²) in [5, 5.41) is 12.7. The molecule has 1 saturated heterocycles. The number of ether oxygens (including phenoxy) is 1. The second-order valence-electron chi connectivity index (χ2n) is 7.76. The highest BCUT2D eigenvalue weighted by Crippen LogP contribution is 2.29. The Morgan fingerprint density at radius 2 is 1.44 bits per heavy atom. The zero-order valence-electron chi connectivity index (χ0n) is 18.7. The van der Waals surface area contributed by atoms with Crippen LogP contribution in [-0.4, -0.2) is 42.1 Å². The molecule has 32 heavy (non-hydrogen) atoms. The molecule has 5 heteroatoms. The molecule has 0 aliphatic carbocycles. The first-order chi connectivity index (χ1) is 15.7. The Labute approximate surface area is 190 Å². The number of nitrogens with one attached hydrogen (secondary N) is 1. The lowest BCUT2D eigenvalue weighted by Gasteiger charge is -2.27. The lowest BCUT2D eigenvalue weighted by molar-refractivity contribution is -0.131. The first-order valence-electron chi connectivity index (χ1n) is 11.1. The van der Waals surface area contributed by atoms with Gasteiger partial charge in [0.2, 0.25) is 5.91 Å². The third kappa shape index (κ3) is 7.22. The number of nitrogens with zero attached hydrogens (tertiary/aromatic N) is 1. The van der Waals surface area contributed by atoms with Crippen LogP contribution in [0.4, 0.5) is 0 Å². The number of hydrogen-bond donors (Lipinski definition) is 2. The monoisotopic (exact) mass is 432 g/mol. The van der Waals surface area contributed by atoms with Crippen LogP contribution in [0.15, 0.2) is 78.9 Å². The SMILES string of the molecule is Cc1ccccc1.O=C(CCc1ccccc1Oc1ccccc1CO)N1CCNCC1. The molecule has 2 N–H and O–H groups in total. The van der Waals surface area contributed by atoms with Gasteiger partial charge >= 0.3 is 0 Å². The maximum Gasteiger partial charge on any atom is 0.222 e. The van der Waals surface area contributed by atoms with E-state index in [1.54, 1.807) is 0 Å². The molecule has 1 aliphatic heterocycles. The fourth-order valence-corrected chi connectivity index (χ4v) is 3.51. The topological polar surface area (TPSA) is 61.8 Å². The Morgan fingerprint density at radius 3 is 2.03 bits per heavy atom. The van der Waals surface area contributed by atoms with Crippen molar-refractivity contribution in [3.05, 3.63) is 95.6 Å². The average Bonchev–Trinajstić information content (AvgIpc) is 2.85. The minimum atomic E-state index is -0.0696. The smallest absolute Gasteiger partial charge is 0.222 e. The molecule has 3 aromatic carbocycles. The molecule has 0 aromatic heterocycles. The summed E-state index contributed by atoms with van der Waals surface area (Å²) >= 11 is 0. The van der Waals surface area contributed by atoms with Crippen molar-refractivity contribution < 1.29 is 14.6 Å². The Hall–Kier alpha value is -3.15.